The summed E-state index contributed by atoms with van der Waals surface area (Å²) in [4.78, 5) is 19.2. The topological polar surface area (TPSA) is 44.2 Å². The Kier molecular flexibility index (Phi) is 7.55. The van der Waals surface area contributed by atoms with Crippen LogP contribution in [0.3, 0.4) is 0 Å². The third-order valence-corrected chi connectivity index (χ3v) is 7.30. The molecule has 2 aromatic heterocycles. The van der Waals surface area contributed by atoms with Gasteiger partial charge in [-0.05, 0) is 68.1 Å². The van der Waals surface area contributed by atoms with Crippen LogP contribution in [0.1, 0.15) is 51.8 Å². The van der Waals surface area contributed by atoms with Gasteiger partial charge in [0.1, 0.15) is 5.82 Å². The van der Waals surface area contributed by atoms with Crippen molar-refractivity contribution in [3.05, 3.63) is 86.6 Å². The summed E-state index contributed by atoms with van der Waals surface area (Å²) in [6, 6.07) is 16.3. The van der Waals surface area contributed by atoms with Crippen molar-refractivity contribution in [2.45, 2.75) is 53.0 Å². The number of halogens is 1. The fourth-order valence-corrected chi connectivity index (χ4v) is 5.39. The van der Waals surface area contributed by atoms with E-state index in [0.717, 1.165) is 46.7 Å². The minimum Gasteiger partial charge on any atom is -0.314 e. The molecule has 0 aliphatic rings. The maximum absolute atomic E-state index is 13.6. The van der Waals surface area contributed by atoms with Crippen LogP contribution in [0.5, 0.6) is 0 Å². The molecule has 1 unspecified atom stereocenters. The first-order chi connectivity index (χ1) is 16.8. The molecule has 0 saturated carbocycles. The van der Waals surface area contributed by atoms with Gasteiger partial charge in [-0.3, -0.25) is 9.48 Å². The minimum atomic E-state index is -0.258. The van der Waals surface area contributed by atoms with Crippen LogP contribution in [0.25, 0.3) is 16.9 Å². The van der Waals surface area contributed by atoms with E-state index in [9.17, 15) is 9.18 Å². The molecule has 2 aromatic carbocycles. The van der Waals surface area contributed by atoms with Crippen LogP contribution in [-0.2, 0) is 7.05 Å². The highest BCUT2D eigenvalue weighted by atomic mass is 32.1. The molecule has 0 radical (unpaired) electrons. The lowest BCUT2D eigenvalue weighted by Gasteiger charge is -2.18. The van der Waals surface area contributed by atoms with Crippen molar-refractivity contribution < 1.29 is 4.39 Å². The smallest absolute Gasteiger partial charge is 0.297 e. The summed E-state index contributed by atoms with van der Waals surface area (Å²) in [5, 5.41) is 2.05. The van der Waals surface area contributed by atoms with Crippen molar-refractivity contribution in [3.63, 3.8) is 0 Å². The van der Waals surface area contributed by atoms with Crippen LogP contribution in [0.15, 0.2) is 69.8 Å². The molecule has 184 valence electrons. The summed E-state index contributed by atoms with van der Waals surface area (Å²) < 4.78 is 19.3. The molecule has 0 aliphatic heterocycles. The maximum atomic E-state index is 13.6. The maximum Gasteiger partial charge on any atom is 0.297 e. The standard InChI is InChI=1S/C28H33FN4OS/c1-19(2)10-9-11-20(3)32-25(22-14-16-23(29)17-15-22)18-35-28(32)30-26-21(4)31(5)33(27(26)34)24-12-7-6-8-13-24/h6-8,12-20H,9-11H2,1-5H3. The molecule has 7 heteroatoms. The van der Waals surface area contributed by atoms with Crippen molar-refractivity contribution in [3.8, 4) is 16.9 Å². The number of aromatic nitrogens is 3. The number of nitrogens with zero attached hydrogens (tertiary/aromatic N) is 4. The molecule has 0 amide bonds. The lowest BCUT2D eigenvalue weighted by molar-refractivity contribution is 0.444. The van der Waals surface area contributed by atoms with E-state index in [2.05, 4.69) is 30.7 Å². The highest BCUT2D eigenvalue weighted by molar-refractivity contribution is 7.07. The van der Waals surface area contributed by atoms with E-state index in [1.807, 2.05) is 49.0 Å². The van der Waals surface area contributed by atoms with Crippen LogP contribution in [0.2, 0.25) is 0 Å². The highest BCUT2D eigenvalue weighted by Crippen LogP contribution is 2.27. The van der Waals surface area contributed by atoms with E-state index >= 15 is 0 Å². The zero-order valence-electron chi connectivity index (χ0n) is 21.0. The molecule has 0 saturated heterocycles. The van der Waals surface area contributed by atoms with E-state index in [-0.39, 0.29) is 17.4 Å². The van der Waals surface area contributed by atoms with Crippen molar-refractivity contribution in [1.82, 2.24) is 13.9 Å². The highest BCUT2D eigenvalue weighted by Gasteiger charge is 2.18. The van der Waals surface area contributed by atoms with E-state index in [4.69, 9.17) is 4.99 Å². The molecule has 0 spiro atoms. The average Bonchev–Trinajstić information content (AvgIpc) is 3.34. The molecule has 0 fully saturated rings. The van der Waals surface area contributed by atoms with Gasteiger partial charge >= 0.3 is 0 Å². The Morgan fingerprint density at radius 1 is 1.00 bits per heavy atom. The Bertz CT molecular complexity index is 1410. The molecule has 4 rings (SSSR count). The molecule has 1 atom stereocenters. The van der Waals surface area contributed by atoms with Gasteiger partial charge in [0, 0.05) is 18.5 Å². The predicted octanol–water partition coefficient (Wildman–Crippen LogP) is 6.77. The minimum absolute atomic E-state index is 0.146. The molecule has 4 aromatic rings. The number of hydrogen-bond donors (Lipinski definition) is 0. The first-order valence-electron chi connectivity index (χ1n) is 12.1. The van der Waals surface area contributed by atoms with Gasteiger partial charge < -0.3 is 4.57 Å². The Hall–Kier alpha value is -3.19. The van der Waals surface area contributed by atoms with Crippen LogP contribution >= 0.6 is 11.3 Å². The fraction of sp³-hybridized carbons (Fsp3) is 0.357. The van der Waals surface area contributed by atoms with Crippen LogP contribution in [-0.4, -0.2) is 13.9 Å². The summed E-state index contributed by atoms with van der Waals surface area (Å²) in [5.74, 6) is 0.394. The third kappa shape index (κ3) is 5.25. The van der Waals surface area contributed by atoms with Crippen LogP contribution < -0.4 is 10.4 Å². The lowest BCUT2D eigenvalue weighted by atomic mass is 10.0. The Labute approximate surface area is 209 Å². The molecule has 0 N–H and O–H groups in total. The van der Waals surface area contributed by atoms with Crippen molar-refractivity contribution in [2.24, 2.45) is 18.0 Å². The van der Waals surface area contributed by atoms with Gasteiger partial charge in [0.05, 0.1) is 17.1 Å². The number of rotatable bonds is 8. The monoisotopic (exact) mass is 492 g/mol. The number of para-hydroxylation sites is 1. The summed E-state index contributed by atoms with van der Waals surface area (Å²) >= 11 is 1.51. The van der Waals surface area contributed by atoms with E-state index in [1.165, 1.54) is 23.5 Å². The van der Waals surface area contributed by atoms with Crippen LogP contribution in [0.4, 0.5) is 10.1 Å². The van der Waals surface area contributed by atoms with Crippen molar-refractivity contribution in [2.75, 3.05) is 0 Å². The first-order valence-corrected chi connectivity index (χ1v) is 13.0. The number of hydrogen-bond acceptors (Lipinski definition) is 3. The summed E-state index contributed by atoms with van der Waals surface area (Å²) in [7, 11) is 1.88. The van der Waals surface area contributed by atoms with Crippen molar-refractivity contribution >= 4 is 17.0 Å². The van der Waals surface area contributed by atoms with E-state index in [0.29, 0.717) is 11.6 Å². The second-order valence-electron chi connectivity index (χ2n) is 9.48. The molecular formula is C28H33FN4OS. The second-order valence-corrected chi connectivity index (χ2v) is 10.3. The average molecular weight is 493 g/mol. The summed E-state index contributed by atoms with van der Waals surface area (Å²) in [6.45, 7) is 8.59. The molecular weight excluding hydrogens is 459 g/mol. The largest absolute Gasteiger partial charge is 0.314 e. The fourth-order valence-electron chi connectivity index (χ4n) is 4.39. The Morgan fingerprint density at radius 2 is 1.69 bits per heavy atom. The van der Waals surface area contributed by atoms with E-state index in [1.54, 1.807) is 16.8 Å². The quantitative estimate of drug-likeness (QED) is 0.268. The van der Waals surface area contributed by atoms with E-state index < -0.39 is 0 Å². The van der Waals surface area contributed by atoms with Gasteiger partial charge in [-0.15, -0.1) is 11.3 Å². The number of thiazole rings is 1. The molecule has 2 heterocycles. The normalized spacial score (nSPS) is 13.1. The Morgan fingerprint density at radius 3 is 2.34 bits per heavy atom. The van der Waals surface area contributed by atoms with Crippen LogP contribution in [0, 0.1) is 18.7 Å². The second kappa shape index (κ2) is 10.6. The van der Waals surface area contributed by atoms with Gasteiger partial charge in [0.2, 0.25) is 0 Å². The third-order valence-electron chi connectivity index (χ3n) is 6.46. The van der Waals surface area contributed by atoms with Crippen molar-refractivity contribution in [1.29, 1.82) is 0 Å². The van der Waals surface area contributed by atoms with Gasteiger partial charge in [-0.1, -0.05) is 44.9 Å². The summed E-state index contributed by atoms with van der Waals surface area (Å²) in [5.41, 5.74) is 3.82. The van der Waals surface area contributed by atoms with Gasteiger partial charge in [-0.25, -0.2) is 14.1 Å². The zero-order chi connectivity index (χ0) is 25.1. The van der Waals surface area contributed by atoms with Gasteiger partial charge in [-0.2, -0.15) is 0 Å². The first kappa shape index (κ1) is 24.9. The Balaban J connectivity index is 1.85. The molecule has 5 nitrogen and oxygen atoms in total. The lowest BCUT2D eigenvalue weighted by Crippen LogP contribution is -2.22. The molecule has 0 bridgehead atoms. The zero-order valence-corrected chi connectivity index (χ0v) is 21.8. The van der Waals surface area contributed by atoms with Gasteiger partial charge in [0.25, 0.3) is 5.56 Å². The van der Waals surface area contributed by atoms with Gasteiger partial charge in [0.15, 0.2) is 10.5 Å². The molecule has 35 heavy (non-hydrogen) atoms. The molecule has 0 aliphatic carbocycles. The SMILES string of the molecule is Cc1c(N=c2scc(-c3ccc(F)cc3)n2C(C)CCCC(C)C)c(=O)n(-c2ccccc2)n1C. The predicted molar refractivity (Wildman–Crippen MR) is 142 cm³/mol. The number of benzene rings is 2. The summed E-state index contributed by atoms with van der Waals surface area (Å²) in [6.07, 6.45) is 3.26.